The Bertz CT molecular complexity index is 3310. The highest BCUT2D eigenvalue weighted by atomic mass is 16.7. The number of carboxylic acid groups (broad SMARTS) is 1. The van der Waals surface area contributed by atoms with Gasteiger partial charge < -0.3 is 129 Å². The van der Waals surface area contributed by atoms with Crippen molar-refractivity contribution >= 4 is 101 Å². The van der Waals surface area contributed by atoms with Crippen LogP contribution in [0.1, 0.15) is 250 Å². The summed E-state index contributed by atoms with van der Waals surface area (Å²) in [6, 6.07) is -2.79. The molecule has 3 rings (SSSR count). The standard InChI is InChI=1S/C88H148N10O33/c1-13-67-83(127-65(11)106)84(128-66(12)107)80(97-60(6)101)87(129-67)122-47-27-24-33-72(110)91-41-30-44-94-75(113)38-50-119-55-88(98-76(114)34-20-18-16-14-15-17-19-21-35-77(115)116,53-117-48-36-73(111)92-42-28-39-89-70(108)31-22-25-45-120-85-78(95-58(4)99)81(125-63(9)104)56(2)68(130-85)51-123-61(7)102)54-118-49-37-74(112)93-43-29-40-90-71(109)32-23-26-46-121-86-79(96-59(5)100)82(126-64(10)105)57(3)69(131-86)52-124-62(8)103/h56-57,67-69,78-87H,13-55H2,1-12H3,(H,89,108)(H,90,109)(H,91,110)(H,92,111)(H,93,112)(H,94,113)(H,95,99)(H,96,100)(H,97,101)(H,98,114)(H,115,116). The van der Waals surface area contributed by atoms with Crippen LogP contribution in [0.25, 0.3) is 0 Å². The van der Waals surface area contributed by atoms with Crippen molar-refractivity contribution in [3.05, 3.63) is 0 Å². The molecule has 0 bridgehead atoms. The molecular weight excluding hydrogens is 1730 g/mol. The number of ether oxygens (including phenoxy) is 15. The van der Waals surface area contributed by atoms with E-state index in [1.165, 1.54) is 62.3 Å². The van der Waals surface area contributed by atoms with Gasteiger partial charge in [0.05, 0.1) is 39.6 Å². The topological polar surface area (TPSA) is 569 Å². The lowest BCUT2D eigenvalue weighted by Gasteiger charge is -2.45. The molecule has 43 heteroatoms. The van der Waals surface area contributed by atoms with Crippen LogP contribution in [-0.4, -0.2) is 303 Å². The van der Waals surface area contributed by atoms with Gasteiger partial charge in [0.25, 0.3) is 0 Å². The number of unbranched alkanes of at least 4 members (excludes halogenated alkanes) is 10. The third-order valence-corrected chi connectivity index (χ3v) is 21.1. The van der Waals surface area contributed by atoms with E-state index in [1.807, 2.05) is 0 Å². The number of esters is 6. The summed E-state index contributed by atoms with van der Waals surface area (Å²) in [7, 11) is 0. The highest BCUT2D eigenvalue weighted by Crippen LogP contribution is 2.33. The Balaban J connectivity index is 1.63. The highest BCUT2D eigenvalue weighted by Gasteiger charge is 2.52. The Morgan fingerprint density at radius 3 is 0.885 bits per heavy atom. The molecule has 3 aliphatic rings. The molecule has 15 unspecified atom stereocenters. The second kappa shape index (κ2) is 66.9. The highest BCUT2D eigenvalue weighted by molar-refractivity contribution is 5.80. The molecule has 0 saturated carbocycles. The number of nitrogens with one attached hydrogen (secondary N) is 10. The number of carbonyl (C=O) groups is 17. The van der Waals surface area contributed by atoms with Crippen LogP contribution < -0.4 is 53.2 Å². The largest absolute Gasteiger partial charge is 0.481 e. The van der Waals surface area contributed by atoms with Gasteiger partial charge in [-0.15, -0.1) is 0 Å². The molecule has 3 fully saturated rings. The van der Waals surface area contributed by atoms with Crippen molar-refractivity contribution in [2.75, 3.05) is 112 Å². The van der Waals surface area contributed by atoms with Crippen LogP contribution in [0.2, 0.25) is 0 Å². The van der Waals surface area contributed by atoms with Gasteiger partial charge in [-0.25, -0.2) is 0 Å². The van der Waals surface area contributed by atoms with Crippen LogP contribution in [0.4, 0.5) is 0 Å². The summed E-state index contributed by atoms with van der Waals surface area (Å²) in [5.41, 5.74) is -1.44. The maximum absolute atomic E-state index is 14.0. The second-order valence-corrected chi connectivity index (χ2v) is 32.9. The summed E-state index contributed by atoms with van der Waals surface area (Å²) in [4.78, 5) is 212. The molecule has 0 radical (unpaired) electrons. The lowest BCUT2D eigenvalue weighted by Crippen LogP contribution is -2.65. The fourth-order valence-corrected chi connectivity index (χ4v) is 14.6. The molecule has 3 heterocycles. The third kappa shape index (κ3) is 52.0. The zero-order chi connectivity index (χ0) is 97.1. The van der Waals surface area contributed by atoms with Crippen molar-refractivity contribution in [3.8, 4) is 0 Å². The van der Waals surface area contributed by atoms with Gasteiger partial charge in [-0.3, -0.25) is 81.5 Å². The van der Waals surface area contributed by atoms with Gasteiger partial charge in [0.1, 0.15) is 67.4 Å². The van der Waals surface area contributed by atoms with Crippen molar-refractivity contribution in [1.82, 2.24) is 53.2 Å². The van der Waals surface area contributed by atoms with E-state index in [1.54, 1.807) is 20.8 Å². The molecule has 3 saturated heterocycles. The van der Waals surface area contributed by atoms with Crippen molar-refractivity contribution in [1.29, 1.82) is 0 Å². The molecule has 0 aromatic heterocycles. The number of amides is 10. The Labute approximate surface area is 767 Å². The zero-order valence-electron chi connectivity index (χ0n) is 78.6. The minimum Gasteiger partial charge on any atom is -0.481 e. The van der Waals surface area contributed by atoms with Crippen molar-refractivity contribution in [2.24, 2.45) is 11.8 Å². The minimum absolute atomic E-state index is 0.0980. The van der Waals surface area contributed by atoms with E-state index in [0.29, 0.717) is 77.0 Å². The molecule has 131 heavy (non-hydrogen) atoms. The number of rotatable bonds is 69. The van der Waals surface area contributed by atoms with Gasteiger partial charge >= 0.3 is 41.8 Å². The molecule has 10 amide bonds. The smallest absolute Gasteiger partial charge is 0.303 e. The van der Waals surface area contributed by atoms with Crippen LogP contribution in [-0.2, 0) is 153 Å². The molecule has 0 aliphatic carbocycles. The summed E-state index contributed by atoms with van der Waals surface area (Å²) in [6.07, 6.45) is 1.06. The van der Waals surface area contributed by atoms with Crippen LogP contribution in [0.3, 0.4) is 0 Å². The molecule has 15 atom stereocenters. The summed E-state index contributed by atoms with van der Waals surface area (Å²) in [5.74, 6) is -8.96. The molecular formula is C88H148N10O33. The molecule has 11 N–H and O–H groups in total. The maximum atomic E-state index is 14.0. The zero-order valence-corrected chi connectivity index (χ0v) is 78.6. The van der Waals surface area contributed by atoms with Crippen LogP contribution >= 0.6 is 0 Å². The SMILES string of the molecule is CCC1OC(OCCCCC(=O)NCCCNC(=O)CCOCC(COCCC(=O)NCCCNC(=O)CCCCOC2OC(COC(C)=O)C(C)C(OC(C)=O)C2NC(C)=O)(COCCC(=O)NCCCNC(=O)CCCCOC2OC(COC(C)=O)C(C)C(OC(C)=O)C2NC(C)=O)NC(=O)CCCCCCCCCCC(=O)O)C(NC(C)=O)C(OC(C)=O)C1OC(C)=O. The maximum Gasteiger partial charge on any atom is 0.303 e. The quantitative estimate of drug-likeness (QED) is 0.0237. The van der Waals surface area contributed by atoms with E-state index in [0.717, 1.165) is 38.5 Å². The van der Waals surface area contributed by atoms with E-state index in [4.69, 9.17) is 76.2 Å². The average Bonchev–Trinajstić information content (AvgIpc) is 0.804. The normalized spacial score (nSPS) is 22.0. The second-order valence-electron chi connectivity index (χ2n) is 32.9. The Morgan fingerprint density at radius 1 is 0.305 bits per heavy atom. The fraction of sp³-hybridized carbons (Fsp3) is 0.807. The van der Waals surface area contributed by atoms with Crippen LogP contribution in [0.5, 0.6) is 0 Å². The van der Waals surface area contributed by atoms with E-state index in [-0.39, 0.29) is 205 Å². The number of carboxylic acids is 1. The predicted octanol–water partition coefficient (Wildman–Crippen LogP) is 2.70. The molecule has 0 spiro atoms. The van der Waals surface area contributed by atoms with Gasteiger partial charge in [0.2, 0.25) is 59.1 Å². The third-order valence-electron chi connectivity index (χ3n) is 21.1. The van der Waals surface area contributed by atoms with E-state index < -0.39 is 157 Å². The van der Waals surface area contributed by atoms with Gasteiger partial charge in [0.15, 0.2) is 31.1 Å². The minimum atomic E-state index is -1.44. The van der Waals surface area contributed by atoms with Crippen molar-refractivity contribution < 1.29 is 158 Å². The monoisotopic (exact) mass is 1870 g/mol. The molecule has 748 valence electrons. The molecule has 0 aromatic carbocycles. The molecule has 3 aliphatic heterocycles. The van der Waals surface area contributed by atoms with Gasteiger partial charge in [-0.2, -0.15) is 0 Å². The van der Waals surface area contributed by atoms with Crippen LogP contribution in [0, 0.1) is 11.8 Å². The first-order valence-electron chi connectivity index (χ1n) is 45.9. The summed E-state index contributed by atoms with van der Waals surface area (Å²) in [5, 5.41) is 37.2. The van der Waals surface area contributed by atoms with E-state index in [2.05, 4.69) is 53.2 Å². The Kier molecular flexibility index (Phi) is 59.1. The number of aliphatic carboxylic acids is 1. The number of hydrogen-bond donors (Lipinski definition) is 11. The average molecular weight is 1870 g/mol. The van der Waals surface area contributed by atoms with E-state index >= 15 is 0 Å². The predicted molar refractivity (Wildman–Crippen MR) is 465 cm³/mol. The first-order valence-corrected chi connectivity index (χ1v) is 45.9. The molecule has 0 aromatic rings. The summed E-state index contributed by atoms with van der Waals surface area (Å²) >= 11 is 0. The Hall–Kier alpha value is -9.37. The first-order chi connectivity index (χ1) is 62.4. The van der Waals surface area contributed by atoms with Gasteiger partial charge in [-0.1, -0.05) is 59.3 Å². The van der Waals surface area contributed by atoms with Gasteiger partial charge in [-0.05, 0) is 77.0 Å². The van der Waals surface area contributed by atoms with E-state index in [9.17, 15) is 81.5 Å². The Morgan fingerprint density at radius 2 is 0.580 bits per heavy atom. The first kappa shape index (κ1) is 116. The van der Waals surface area contributed by atoms with Crippen molar-refractivity contribution in [3.63, 3.8) is 0 Å². The summed E-state index contributed by atoms with van der Waals surface area (Å²) < 4.78 is 87.3. The fourth-order valence-electron chi connectivity index (χ4n) is 14.6. The number of carbonyl (C=O) groups excluding carboxylic acids is 16. The summed E-state index contributed by atoms with van der Waals surface area (Å²) in [6.45, 7) is 16.6. The lowest BCUT2D eigenvalue weighted by atomic mass is 9.89. The number of hydrogen-bond acceptors (Lipinski definition) is 32. The van der Waals surface area contributed by atoms with Gasteiger partial charge in [0, 0.05) is 185 Å². The van der Waals surface area contributed by atoms with Crippen LogP contribution in [0.15, 0.2) is 0 Å². The molecule has 43 nitrogen and oxygen atoms in total. The lowest BCUT2D eigenvalue weighted by molar-refractivity contribution is -0.272. The van der Waals surface area contributed by atoms with Crippen molar-refractivity contribution in [2.45, 2.75) is 335 Å².